The lowest BCUT2D eigenvalue weighted by molar-refractivity contribution is 0.477. The largest absolute Gasteiger partial charge is 0.453 e. The zero-order valence-corrected chi connectivity index (χ0v) is 18.3. The van der Waals surface area contributed by atoms with Gasteiger partial charge in [-0.25, -0.2) is 0 Å². The van der Waals surface area contributed by atoms with Crippen molar-refractivity contribution in [2.24, 2.45) is 0 Å². The lowest BCUT2D eigenvalue weighted by Crippen LogP contribution is -2.16. The van der Waals surface area contributed by atoms with Crippen LogP contribution in [0.5, 0.6) is 11.5 Å². The van der Waals surface area contributed by atoms with Crippen LogP contribution in [0.3, 0.4) is 0 Å². The predicted octanol–water partition coefficient (Wildman–Crippen LogP) is 8.63. The van der Waals surface area contributed by atoms with Gasteiger partial charge in [0.05, 0.1) is 22.6 Å². The molecular formula is C31H20N2O. The van der Waals surface area contributed by atoms with Gasteiger partial charge >= 0.3 is 0 Å². The fourth-order valence-corrected chi connectivity index (χ4v) is 5.06. The molecule has 0 saturated carbocycles. The smallest absolute Gasteiger partial charge is 0.151 e. The van der Waals surface area contributed by atoms with E-state index in [1.807, 2.05) is 36.5 Å². The summed E-state index contributed by atoms with van der Waals surface area (Å²) in [5.41, 5.74) is 6.46. The van der Waals surface area contributed by atoms with E-state index >= 15 is 0 Å². The Balaban J connectivity index is 1.66. The standard InChI is InChI=1S/C31H20N2O/c1-2-11-21(12-3-1)29-22-13-4-5-14-23(22)31(24-15-10-20-32-30(24)29)33-25-16-6-8-18-27(25)34-28-19-9-7-17-26(28)33/h1-20H. The molecule has 0 saturated heterocycles. The second-order valence-corrected chi connectivity index (χ2v) is 8.41. The minimum absolute atomic E-state index is 0.842. The topological polar surface area (TPSA) is 25.4 Å². The molecule has 2 heterocycles. The van der Waals surface area contributed by atoms with Crippen LogP contribution >= 0.6 is 0 Å². The number of hydrogen-bond acceptors (Lipinski definition) is 3. The van der Waals surface area contributed by atoms with E-state index < -0.39 is 0 Å². The Morgan fingerprint density at radius 3 is 1.85 bits per heavy atom. The molecule has 0 bridgehead atoms. The molecule has 0 N–H and O–H groups in total. The fourth-order valence-electron chi connectivity index (χ4n) is 5.06. The molecule has 1 aromatic heterocycles. The summed E-state index contributed by atoms with van der Waals surface area (Å²) in [6.07, 6.45) is 1.88. The van der Waals surface area contributed by atoms with Gasteiger partial charge < -0.3 is 9.64 Å². The third-order valence-corrected chi connectivity index (χ3v) is 6.47. The highest BCUT2D eigenvalue weighted by Crippen LogP contribution is 2.54. The number of para-hydroxylation sites is 4. The van der Waals surface area contributed by atoms with E-state index in [2.05, 4.69) is 89.8 Å². The van der Waals surface area contributed by atoms with E-state index in [0.29, 0.717) is 0 Å². The molecular weight excluding hydrogens is 416 g/mol. The van der Waals surface area contributed by atoms with Crippen LogP contribution in [0.4, 0.5) is 17.1 Å². The summed E-state index contributed by atoms with van der Waals surface area (Å²) in [6.45, 7) is 0. The van der Waals surface area contributed by atoms with Gasteiger partial charge in [-0.1, -0.05) is 78.9 Å². The van der Waals surface area contributed by atoms with Crippen molar-refractivity contribution in [2.45, 2.75) is 0 Å². The normalized spacial score (nSPS) is 12.3. The second kappa shape index (κ2) is 7.46. The molecule has 3 nitrogen and oxygen atoms in total. The highest BCUT2D eigenvalue weighted by atomic mass is 16.5. The molecule has 34 heavy (non-hydrogen) atoms. The SMILES string of the molecule is c1ccc(-c2c3ccccc3c(N3c4ccccc4Oc4ccccc43)c3cccnc23)cc1. The lowest BCUT2D eigenvalue weighted by Gasteiger charge is -2.34. The minimum atomic E-state index is 0.842. The molecule has 1 aliphatic rings. The summed E-state index contributed by atoms with van der Waals surface area (Å²) in [7, 11) is 0. The van der Waals surface area contributed by atoms with Crippen LogP contribution < -0.4 is 9.64 Å². The molecule has 3 heteroatoms. The summed E-state index contributed by atoms with van der Waals surface area (Å²) in [5, 5.41) is 3.45. The summed E-state index contributed by atoms with van der Waals surface area (Å²) in [6, 6.07) is 39.8. The van der Waals surface area contributed by atoms with E-state index in [-0.39, 0.29) is 0 Å². The number of rotatable bonds is 2. The third kappa shape index (κ3) is 2.74. The molecule has 7 rings (SSSR count). The Labute approximate surface area is 197 Å². The summed E-state index contributed by atoms with van der Waals surface area (Å²) < 4.78 is 6.29. The summed E-state index contributed by atoms with van der Waals surface area (Å²) in [5.74, 6) is 1.68. The maximum Gasteiger partial charge on any atom is 0.151 e. The third-order valence-electron chi connectivity index (χ3n) is 6.47. The number of anilines is 3. The number of ether oxygens (including phenoxy) is 1. The van der Waals surface area contributed by atoms with Gasteiger partial charge in [0.25, 0.3) is 0 Å². The molecule has 0 radical (unpaired) electrons. The zero-order chi connectivity index (χ0) is 22.5. The first-order chi connectivity index (χ1) is 16.9. The zero-order valence-electron chi connectivity index (χ0n) is 18.3. The first kappa shape index (κ1) is 18.9. The summed E-state index contributed by atoms with van der Waals surface area (Å²) in [4.78, 5) is 7.25. The van der Waals surface area contributed by atoms with E-state index in [9.17, 15) is 0 Å². The van der Waals surface area contributed by atoms with E-state index in [1.165, 1.54) is 10.8 Å². The molecule has 6 aromatic rings. The van der Waals surface area contributed by atoms with Crippen molar-refractivity contribution in [1.29, 1.82) is 0 Å². The fraction of sp³-hybridized carbons (Fsp3) is 0. The van der Waals surface area contributed by atoms with Gasteiger partial charge in [-0.2, -0.15) is 0 Å². The number of benzene rings is 5. The van der Waals surface area contributed by atoms with Crippen LogP contribution in [0.25, 0.3) is 32.8 Å². The van der Waals surface area contributed by atoms with Crippen LogP contribution in [-0.4, -0.2) is 4.98 Å². The first-order valence-corrected chi connectivity index (χ1v) is 11.4. The highest BCUT2D eigenvalue weighted by Gasteiger charge is 2.29. The van der Waals surface area contributed by atoms with Crippen LogP contribution in [0.1, 0.15) is 0 Å². The van der Waals surface area contributed by atoms with E-state index in [1.54, 1.807) is 0 Å². The van der Waals surface area contributed by atoms with Crippen molar-refractivity contribution in [2.75, 3.05) is 4.90 Å². The molecule has 0 atom stereocenters. The van der Waals surface area contributed by atoms with Crippen molar-refractivity contribution in [3.8, 4) is 22.6 Å². The van der Waals surface area contributed by atoms with Gasteiger partial charge in [0, 0.05) is 22.5 Å². The van der Waals surface area contributed by atoms with Crippen LogP contribution in [-0.2, 0) is 0 Å². The van der Waals surface area contributed by atoms with Crippen molar-refractivity contribution in [3.05, 3.63) is 121 Å². The van der Waals surface area contributed by atoms with Gasteiger partial charge in [-0.15, -0.1) is 0 Å². The quantitative estimate of drug-likeness (QED) is 0.254. The van der Waals surface area contributed by atoms with Gasteiger partial charge in [0.15, 0.2) is 11.5 Å². The van der Waals surface area contributed by atoms with E-state index in [4.69, 9.17) is 9.72 Å². The molecule has 0 amide bonds. The van der Waals surface area contributed by atoms with Crippen molar-refractivity contribution in [1.82, 2.24) is 4.98 Å². The number of fused-ring (bicyclic) bond motifs is 4. The number of hydrogen-bond donors (Lipinski definition) is 0. The maximum absolute atomic E-state index is 6.29. The molecule has 160 valence electrons. The Hall–Kier alpha value is -4.63. The Bertz CT molecular complexity index is 1590. The highest BCUT2D eigenvalue weighted by molar-refractivity contribution is 6.21. The number of nitrogens with zero attached hydrogens (tertiary/aromatic N) is 2. The Morgan fingerprint density at radius 2 is 1.12 bits per heavy atom. The minimum Gasteiger partial charge on any atom is -0.453 e. The van der Waals surface area contributed by atoms with Crippen LogP contribution in [0, 0.1) is 0 Å². The molecule has 0 unspecified atom stereocenters. The van der Waals surface area contributed by atoms with Crippen molar-refractivity contribution >= 4 is 38.7 Å². The Morgan fingerprint density at radius 1 is 0.529 bits per heavy atom. The Kier molecular flexibility index (Phi) is 4.15. The molecule has 5 aromatic carbocycles. The molecule has 0 aliphatic carbocycles. The molecule has 0 fully saturated rings. The van der Waals surface area contributed by atoms with Gasteiger partial charge in [-0.3, -0.25) is 4.98 Å². The average Bonchev–Trinajstić information content (AvgIpc) is 2.91. The van der Waals surface area contributed by atoms with Crippen LogP contribution in [0.15, 0.2) is 121 Å². The van der Waals surface area contributed by atoms with Gasteiger partial charge in [-0.05, 0) is 47.3 Å². The lowest BCUT2D eigenvalue weighted by atomic mass is 9.92. The van der Waals surface area contributed by atoms with Gasteiger partial charge in [0.1, 0.15) is 0 Å². The molecule has 1 aliphatic heterocycles. The van der Waals surface area contributed by atoms with Crippen LogP contribution in [0.2, 0.25) is 0 Å². The number of pyridine rings is 1. The average molecular weight is 437 g/mol. The predicted molar refractivity (Wildman–Crippen MR) is 139 cm³/mol. The van der Waals surface area contributed by atoms with Crippen molar-refractivity contribution < 1.29 is 4.74 Å². The first-order valence-electron chi connectivity index (χ1n) is 11.4. The van der Waals surface area contributed by atoms with Crippen molar-refractivity contribution in [3.63, 3.8) is 0 Å². The second-order valence-electron chi connectivity index (χ2n) is 8.41. The monoisotopic (exact) mass is 436 g/mol. The van der Waals surface area contributed by atoms with E-state index in [0.717, 1.165) is 50.6 Å². The molecule has 0 spiro atoms. The number of aromatic nitrogens is 1. The van der Waals surface area contributed by atoms with Gasteiger partial charge in [0.2, 0.25) is 0 Å². The summed E-state index contributed by atoms with van der Waals surface area (Å²) >= 11 is 0. The maximum atomic E-state index is 6.29.